The Morgan fingerprint density at radius 1 is 1.00 bits per heavy atom. The number of hydrogen-bond acceptors (Lipinski definition) is 7. The summed E-state index contributed by atoms with van der Waals surface area (Å²) in [7, 11) is 3.73. The second-order valence-corrected chi connectivity index (χ2v) is 13.8. The third-order valence-corrected chi connectivity index (χ3v) is 10.8. The maximum absolute atomic E-state index is 15.6. The number of fused-ring (bicyclic) bond motifs is 6. The average Bonchev–Trinajstić information content (AvgIpc) is 3.65. The van der Waals surface area contributed by atoms with Crippen molar-refractivity contribution in [2.45, 2.75) is 69.7 Å². The van der Waals surface area contributed by atoms with Crippen LogP contribution in [0.5, 0.6) is 0 Å². The first-order valence-corrected chi connectivity index (χ1v) is 16.2. The van der Waals surface area contributed by atoms with Gasteiger partial charge in [-0.2, -0.15) is 0 Å². The van der Waals surface area contributed by atoms with Crippen LogP contribution >= 0.6 is 0 Å². The maximum atomic E-state index is 15.6. The third-order valence-electron chi connectivity index (χ3n) is 10.8. The van der Waals surface area contributed by atoms with Crippen LogP contribution in [0, 0.1) is 11.0 Å². The number of carbonyl (C=O) groups excluding carboxylic acids is 1. The molecule has 0 saturated heterocycles. The van der Waals surface area contributed by atoms with Gasteiger partial charge in [0.15, 0.2) is 5.82 Å². The molecule has 5 aliphatic rings. The Hall–Kier alpha value is -4.32. The van der Waals surface area contributed by atoms with Crippen molar-refractivity contribution in [3.05, 3.63) is 97.6 Å². The summed E-state index contributed by atoms with van der Waals surface area (Å²) in [6.45, 7) is 2.35. The normalized spacial score (nSPS) is 23.4. The largest absolute Gasteiger partial charge is 0.785 e. The Kier molecular flexibility index (Phi) is 5.98. The number of hydrogen-bond donors (Lipinski definition) is 1. The van der Waals surface area contributed by atoms with Gasteiger partial charge in [0.2, 0.25) is 0 Å². The molecule has 1 spiro atoms. The van der Waals surface area contributed by atoms with E-state index in [9.17, 15) is 14.8 Å². The molecule has 1 amide bonds. The van der Waals surface area contributed by atoms with E-state index in [0.29, 0.717) is 41.2 Å². The van der Waals surface area contributed by atoms with Crippen LogP contribution < -0.4 is 15.8 Å². The summed E-state index contributed by atoms with van der Waals surface area (Å²) in [5, 5.41) is 18.0. The lowest BCUT2D eigenvalue weighted by Gasteiger charge is -2.39. The monoisotopic (exact) mass is 620 g/mol. The molecule has 0 bridgehead atoms. The minimum Gasteiger partial charge on any atom is -0.785 e. The highest BCUT2D eigenvalue weighted by atomic mass is 19.1. The van der Waals surface area contributed by atoms with Gasteiger partial charge < -0.3 is 29.6 Å². The van der Waals surface area contributed by atoms with Crippen LogP contribution in [0.2, 0.25) is 0 Å². The predicted molar refractivity (Wildman–Crippen MR) is 173 cm³/mol. The predicted octanol–water partition coefficient (Wildman–Crippen LogP) is 4.48. The fourth-order valence-electron chi connectivity index (χ4n) is 8.40. The molecule has 1 saturated carbocycles. The highest BCUT2D eigenvalue weighted by Gasteiger charge is 2.65. The summed E-state index contributed by atoms with van der Waals surface area (Å²) in [4.78, 5) is 36.3. The Bertz CT molecular complexity index is 2040. The van der Waals surface area contributed by atoms with Crippen LogP contribution in [-0.2, 0) is 45.9 Å². The van der Waals surface area contributed by atoms with Crippen LogP contribution in [0.3, 0.4) is 0 Å². The molecule has 2 unspecified atom stereocenters. The number of nitrogens with one attached hydrogen (secondary N) is 1. The van der Waals surface area contributed by atoms with E-state index < -0.39 is 11.4 Å². The van der Waals surface area contributed by atoms with Gasteiger partial charge in [-0.15, -0.1) is 0 Å². The van der Waals surface area contributed by atoms with Crippen molar-refractivity contribution in [2.75, 3.05) is 23.8 Å². The Morgan fingerprint density at radius 2 is 1.85 bits per heavy atom. The number of halogens is 1. The molecule has 10 nitrogen and oxygen atoms in total. The van der Waals surface area contributed by atoms with Crippen LogP contribution in [-0.4, -0.2) is 55.2 Å². The van der Waals surface area contributed by atoms with E-state index in [4.69, 9.17) is 4.98 Å². The maximum Gasteiger partial charge on any atom is 0.293 e. The molecule has 2 aromatic heterocycles. The summed E-state index contributed by atoms with van der Waals surface area (Å²) in [6, 6.07) is 10.4. The Labute approximate surface area is 265 Å². The lowest BCUT2D eigenvalue weighted by Crippen LogP contribution is -2.53. The van der Waals surface area contributed by atoms with Crippen molar-refractivity contribution in [3.63, 3.8) is 0 Å². The van der Waals surface area contributed by atoms with Crippen LogP contribution in [0.1, 0.15) is 57.7 Å². The summed E-state index contributed by atoms with van der Waals surface area (Å²) in [6.07, 6.45) is 7.09. The van der Waals surface area contributed by atoms with Gasteiger partial charge in [0, 0.05) is 62.4 Å². The van der Waals surface area contributed by atoms with Gasteiger partial charge in [-0.1, -0.05) is 6.07 Å². The fourth-order valence-corrected chi connectivity index (χ4v) is 8.40. The second-order valence-electron chi connectivity index (χ2n) is 13.8. The molecular weight excluding hydrogens is 585 g/mol. The van der Waals surface area contributed by atoms with Gasteiger partial charge in [0.05, 0.1) is 16.9 Å². The quantitative estimate of drug-likeness (QED) is 0.361. The molecule has 2 aliphatic carbocycles. The summed E-state index contributed by atoms with van der Waals surface area (Å²) in [5.74, 6) is -0.612. The van der Waals surface area contributed by atoms with Crippen molar-refractivity contribution in [1.82, 2.24) is 24.1 Å². The number of rotatable bonds is 3. The number of likely N-dealkylation sites (N-methyl/N-ethyl adjacent to an activating group) is 1. The number of aryl methyl sites for hydroxylation is 2. The summed E-state index contributed by atoms with van der Waals surface area (Å²) >= 11 is 0. The van der Waals surface area contributed by atoms with E-state index in [-0.39, 0.29) is 29.9 Å². The molecule has 2 aromatic carbocycles. The zero-order valence-corrected chi connectivity index (χ0v) is 26.0. The molecule has 5 heterocycles. The number of carbonyl (C=O) groups is 1. The number of nitrogens with zero attached hydrogens (tertiary/aromatic N) is 6. The zero-order chi connectivity index (χ0) is 31.5. The van der Waals surface area contributed by atoms with Crippen molar-refractivity contribution in [1.29, 1.82) is 0 Å². The fraction of sp³-hybridized carbons (Fsp3) is 0.400. The topological polar surface area (TPSA) is 102 Å². The Morgan fingerprint density at radius 3 is 2.72 bits per heavy atom. The summed E-state index contributed by atoms with van der Waals surface area (Å²) < 4.78 is 19.2. The SMILES string of the molecule is CN1CCc2cc(Nc3nc(-c4cc(F)cc5c4CN([O-])C4CC46Cn4c(cc7c4CCCC7)C(=O)N56)cn(C)c3=O)ccc2C1. The molecule has 11 heteroatoms. The minimum absolute atomic E-state index is 0.0132. The Balaban J connectivity index is 1.15. The van der Waals surface area contributed by atoms with E-state index in [0.717, 1.165) is 55.9 Å². The van der Waals surface area contributed by atoms with Crippen LogP contribution in [0.15, 0.2) is 47.4 Å². The lowest BCUT2D eigenvalue weighted by molar-refractivity contribution is 0.0935. The van der Waals surface area contributed by atoms with Gasteiger partial charge >= 0.3 is 0 Å². The van der Waals surface area contributed by atoms with Crippen molar-refractivity contribution < 1.29 is 9.18 Å². The van der Waals surface area contributed by atoms with Crippen LogP contribution in [0.25, 0.3) is 11.3 Å². The van der Waals surface area contributed by atoms with Crippen molar-refractivity contribution >= 4 is 23.1 Å². The van der Waals surface area contributed by atoms with Crippen molar-refractivity contribution in [2.24, 2.45) is 7.05 Å². The average molecular weight is 621 g/mol. The first-order valence-electron chi connectivity index (χ1n) is 16.2. The number of amides is 1. The van der Waals surface area contributed by atoms with E-state index in [1.54, 1.807) is 18.1 Å². The molecule has 0 radical (unpaired) electrons. The number of anilines is 3. The summed E-state index contributed by atoms with van der Waals surface area (Å²) in [5.41, 5.74) is 6.91. The zero-order valence-electron chi connectivity index (χ0n) is 26.0. The standard InChI is InChI=1S/C35H35FN7O3/c1-39-10-9-20-11-24(8-7-22(20)16-39)37-32-34(45)40(2)18-27(38-32)25-13-23(36)14-29-26(25)17-42(46)31-15-35(31)19-41-28-6-4-3-5-21(28)12-30(41)33(44)43(29)35/h7-8,11-14,18,31H,3-6,9-10,15-17,19H2,1-2H3,(H,37,38)/q-1. The van der Waals surface area contributed by atoms with Gasteiger partial charge in [-0.05, 0) is 98.2 Å². The third kappa shape index (κ3) is 4.08. The lowest BCUT2D eigenvalue weighted by atomic mass is 9.98. The van der Waals surface area contributed by atoms with E-state index in [1.165, 1.54) is 39.1 Å². The minimum atomic E-state index is -0.725. The molecule has 1 N–H and O–H groups in total. The molecule has 3 aliphatic heterocycles. The first kappa shape index (κ1) is 27.9. The van der Waals surface area contributed by atoms with Gasteiger partial charge in [-0.25, -0.2) is 9.37 Å². The first-order chi connectivity index (χ1) is 22.2. The number of aromatic nitrogens is 3. The van der Waals surface area contributed by atoms with E-state index >= 15 is 4.39 Å². The highest BCUT2D eigenvalue weighted by Crippen LogP contribution is 2.56. The molecule has 4 aromatic rings. The van der Waals surface area contributed by atoms with E-state index in [2.05, 4.69) is 34.0 Å². The van der Waals surface area contributed by atoms with E-state index in [1.807, 2.05) is 12.1 Å². The molecule has 9 rings (SSSR count). The van der Waals surface area contributed by atoms with Crippen LogP contribution in [0.4, 0.5) is 21.6 Å². The molecular formula is C35H35FN7O3-. The number of benzene rings is 2. The number of hydroxylamine groups is 2. The molecule has 236 valence electrons. The highest BCUT2D eigenvalue weighted by molar-refractivity contribution is 6.09. The smallest absolute Gasteiger partial charge is 0.293 e. The molecule has 1 fully saturated rings. The van der Waals surface area contributed by atoms with Gasteiger partial charge in [0.25, 0.3) is 11.5 Å². The molecule has 46 heavy (non-hydrogen) atoms. The van der Waals surface area contributed by atoms with Crippen molar-refractivity contribution in [3.8, 4) is 11.3 Å². The molecule has 2 atom stereocenters. The second kappa shape index (κ2) is 9.84. The van der Waals surface area contributed by atoms with Gasteiger partial charge in [-0.3, -0.25) is 14.5 Å². The van der Waals surface area contributed by atoms with Gasteiger partial charge in [0.1, 0.15) is 11.5 Å².